The highest BCUT2D eigenvalue weighted by atomic mass is 16.4. The summed E-state index contributed by atoms with van der Waals surface area (Å²) in [6, 6.07) is 0. The number of carboxylic acid groups (broad SMARTS) is 1. The lowest BCUT2D eigenvalue weighted by atomic mass is 9.94. The minimum atomic E-state index is -0.942. The second-order valence-electron chi connectivity index (χ2n) is 3.42. The average molecular weight is 184 g/mol. The minimum absolute atomic E-state index is 0.00782. The molecule has 0 aromatic rings. The van der Waals surface area contributed by atoms with E-state index in [0.29, 0.717) is 6.42 Å². The molecule has 0 radical (unpaired) electrons. The van der Waals surface area contributed by atoms with Crippen LogP contribution in [-0.2, 0) is 9.59 Å². The van der Waals surface area contributed by atoms with Gasteiger partial charge in [0.05, 0.1) is 0 Å². The Labute approximate surface area is 78.5 Å². The zero-order valence-electron chi connectivity index (χ0n) is 8.28. The van der Waals surface area contributed by atoms with Gasteiger partial charge in [0.2, 0.25) is 0 Å². The maximum Gasteiger partial charge on any atom is 0.327 e. The van der Waals surface area contributed by atoms with Crippen molar-refractivity contribution in [2.75, 3.05) is 0 Å². The summed E-state index contributed by atoms with van der Waals surface area (Å²) in [5.74, 6) is -0.652. The van der Waals surface area contributed by atoms with Gasteiger partial charge >= 0.3 is 5.97 Å². The summed E-state index contributed by atoms with van der Waals surface area (Å²) in [4.78, 5) is 21.0. The van der Waals surface area contributed by atoms with Gasteiger partial charge < -0.3 is 5.11 Å². The first kappa shape index (κ1) is 11.9. The van der Waals surface area contributed by atoms with Crippen molar-refractivity contribution in [1.82, 2.24) is 0 Å². The SMILES string of the molecule is CC(=O)C(C)CC(C)C=CC(=O)O. The van der Waals surface area contributed by atoms with E-state index in [2.05, 4.69) is 0 Å². The number of hydrogen-bond acceptors (Lipinski definition) is 2. The van der Waals surface area contributed by atoms with Crippen molar-refractivity contribution < 1.29 is 14.7 Å². The van der Waals surface area contributed by atoms with E-state index in [1.807, 2.05) is 13.8 Å². The summed E-state index contributed by atoms with van der Waals surface area (Å²) >= 11 is 0. The summed E-state index contributed by atoms with van der Waals surface area (Å²) in [6.07, 6.45) is 3.44. The van der Waals surface area contributed by atoms with Gasteiger partial charge in [-0.15, -0.1) is 0 Å². The van der Waals surface area contributed by atoms with Crippen molar-refractivity contribution in [2.45, 2.75) is 27.2 Å². The predicted octanol–water partition coefficient (Wildman–Crippen LogP) is 1.88. The second-order valence-corrected chi connectivity index (χ2v) is 3.42. The third-order valence-corrected chi connectivity index (χ3v) is 1.99. The third-order valence-electron chi connectivity index (χ3n) is 1.99. The van der Waals surface area contributed by atoms with Crippen molar-refractivity contribution in [3.05, 3.63) is 12.2 Å². The molecule has 0 spiro atoms. The highest BCUT2D eigenvalue weighted by Crippen LogP contribution is 2.13. The molecule has 0 rings (SSSR count). The van der Waals surface area contributed by atoms with Crippen molar-refractivity contribution in [1.29, 1.82) is 0 Å². The molecular weight excluding hydrogens is 168 g/mol. The van der Waals surface area contributed by atoms with E-state index in [0.717, 1.165) is 6.08 Å². The van der Waals surface area contributed by atoms with Crippen LogP contribution in [0.5, 0.6) is 0 Å². The standard InChI is InChI=1S/C10H16O3/c1-7(4-5-10(12)13)6-8(2)9(3)11/h4-5,7-8H,6H2,1-3H3,(H,12,13). The number of Topliss-reactive ketones (excluding diaryl/α,β-unsaturated/α-hetero) is 1. The zero-order valence-corrected chi connectivity index (χ0v) is 8.28. The normalized spacial score (nSPS) is 15.6. The fourth-order valence-electron chi connectivity index (χ4n) is 1.05. The van der Waals surface area contributed by atoms with Crippen LogP contribution in [-0.4, -0.2) is 16.9 Å². The van der Waals surface area contributed by atoms with Crippen molar-refractivity contribution in [2.24, 2.45) is 11.8 Å². The molecule has 74 valence electrons. The van der Waals surface area contributed by atoms with Crippen LogP contribution >= 0.6 is 0 Å². The van der Waals surface area contributed by atoms with Gasteiger partial charge in [0.1, 0.15) is 5.78 Å². The second kappa shape index (κ2) is 5.51. The first-order valence-corrected chi connectivity index (χ1v) is 4.35. The number of aliphatic carboxylic acids is 1. The summed E-state index contributed by atoms with van der Waals surface area (Å²) < 4.78 is 0. The monoisotopic (exact) mass is 184 g/mol. The van der Waals surface area contributed by atoms with Crippen LogP contribution in [0.3, 0.4) is 0 Å². The lowest BCUT2D eigenvalue weighted by Gasteiger charge is -2.10. The molecule has 3 heteroatoms. The van der Waals surface area contributed by atoms with Gasteiger partial charge in [-0.3, -0.25) is 4.79 Å². The Morgan fingerprint density at radius 2 is 1.92 bits per heavy atom. The highest BCUT2D eigenvalue weighted by Gasteiger charge is 2.10. The number of ketones is 1. The van der Waals surface area contributed by atoms with Crippen LogP contribution in [0, 0.1) is 11.8 Å². The van der Waals surface area contributed by atoms with Crippen LogP contribution in [0.15, 0.2) is 12.2 Å². The molecule has 0 amide bonds. The average Bonchev–Trinajstić information content (AvgIpc) is 2.00. The number of carboxylic acids is 1. The number of rotatable bonds is 5. The lowest BCUT2D eigenvalue weighted by Crippen LogP contribution is -2.09. The maximum atomic E-state index is 10.9. The molecule has 0 heterocycles. The van der Waals surface area contributed by atoms with Crippen LogP contribution < -0.4 is 0 Å². The molecule has 13 heavy (non-hydrogen) atoms. The predicted molar refractivity (Wildman–Crippen MR) is 50.4 cm³/mol. The van der Waals surface area contributed by atoms with Crippen LogP contribution in [0.4, 0.5) is 0 Å². The third kappa shape index (κ3) is 6.08. The number of carbonyl (C=O) groups is 2. The molecule has 0 aromatic carbocycles. The fourth-order valence-corrected chi connectivity index (χ4v) is 1.05. The molecule has 0 fully saturated rings. The van der Waals surface area contributed by atoms with Gasteiger partial charge in [0, 0.05) is 12.0 Å². The highest BCUT2D eigenvalue weighted by molar-refractivity contribution is 5.80. The van der Waals surface area contributed by atoms with Crippen molar-refractivity contribution >= 4 is 11.8 Å². The zero-order chi connectivity index (χ0) is 10.4. The molecule has 0 aliphatic carbocycles. The Kier molecular flexibility index (Phi) is 5.04. The molecule has 0 bridgehead atoms. The molecule has 3 nitrogen and oxygen atoms in total. The molecule has 0 saturated heterocycles. The Morgan fingerprint density at radius 3 is 2.31 bits per heavy atom. The molecule has 2 unspecified atom stereocenters. The first-order valence-electron chi connectivity index (χ1n) is 4.35. The number of allylic oxidation sites excluding steroid dienone is 1. The molecule has 2 atom stereocenters. The lowest BCUT2D eigenvalue weighted by molar-refractivity contribution is -0.131. The molecule has 1 N–H and O–H groups in total. The van der Waals surface area contributed by atoms with E-state index in [1.165, 1.54) is 0 Å². The van der Waals surface area contributed by atoms with Gasteiger partial charge in [-0.2, -0.15) is 0 Å². The Balaban J connectivity index is 3.93. The van der Waals surface area contributed by atoms with Gasteiger partial charge in [-0.1, -0.05) is 19.9 Å². The van der Waals surface area contributed by atoms with Gasteiger partial charge in [0.25, 0.3) is 0 Å². The van der Waals surface area contributed by atoms with E-state index >= 15 is 0 Å². The number of hydrogen-bond donors (Lipinski definition) is 1. The van der Waals surface area contributed by atoms with E-state index in [-0.39, 0.29) is 17.6 Å². The molecule has 0 saturated carbocycles. The summed E-state index contributed by atoms with van der Waals surface area (Å²) in [5.41, 5.74) is 0. The van der Waals surface area contributed by atoms with Gasteiger partial charge in [-0.05, 0) is 19.3 Å². The first-order chi connectivity index (χ1) is 5.93. The largest absolute Gasteiger partial charge is 0.478 e. The van der Waals surface area contributed by atoms with E-state index in [1.54, 1.807) is 13.0 Å². The molecule has 0 aromatic heterocycles. The van der Waals surface area contributed by atoms with E-state index < -0.39 is 5.97 Å². The van der Waals surface area contributed by atoms with Gasteiger partial charge in [-0.25, -0.2) is 4.79 Å². The molecule has 0 aliphatic rings. The van der Waals surface area contributed by atoms with Crippen molar-refractivity contribution in [3.63, 3.8) is 0 Å². The molecular formula is C10H16O3. The van der Waals surface area contributed by atoms with Crippen molar-refractivity contribution in [3.8, 4) is 0 Å². The smallest absolute Gasteiger partial charge is 0.327 e. The van der Waals surface area contributed by atoms with Crippen LogP contribution in [0.2, 0.25) is 0 Å². The van der Waals surface area contributed by atoms with E-state index in [9.17, 15) is 9.59 Å². The fraction of sp³-hybridized carbons (Fsp3) is 0.600. The summed E-state index contributed by atoms with van der Waals surface area (Å²) in [5, 5.41) is 8.35. The Morgan fingerprint density at radius 1 is 1.38 bits per heavy atom. The van der Waals surface area contributed by atoms with Crippen LogP contribution in [0.25, 0.3) is 0 Å². The molecule has 0 aliphatic heterocycles. The topological polar surface area (TPSA) is 54.4 Å². The number of carbonyl (C=O) groups excluding carboxylic acids is 1. The minimum Gasteiger partial charge on any atom is -0.478 e. The summed E-state index contributed by atoms with van der Waals surface area (Å²) in [7, 11) is 0. The summed E-state index contributed by atoms with van der Waals surface area (Å²) in [6.45, 7) is 5.31. The maximum absolute atomic E-state index is 10.9. The Bertz CT molecular complexity index is 218. The van der Waals surface area contributed by atoms with Gasteiger partial charge in [0.15, 0.2) is 0 Å². The van der Waals surface area contributed by atoms with E-state index in [4.69, 9.17) is 5.11 Å². The van der Waals surface area contributed by atoms with Crippen LogP contribution in [0.1, 0.15) is 27.2 Å². The Hall–Kier alpha value is -1.12. The quantitative estimate of drug-likeness (QED) is 0.664.